The van der Waals surface area contributed by atoms with Crippen LogP contribution in [-0.2, 0) is 4.74 Å². The summed E-state index contributed by atoms with van der Waals surface area (Å²) in [7, 11) is 0.577. The Bertz CT molecular complexity index is 138. The zero-order valence-electron chi connectivity index (χ0n) is 8.98. The van der Waals surface area contributed by atoms with E-state index in [1.165, 1.54) is 6.04 Å². The molecule has 0 aromatic carbocycles. The van der Waals surface area contributed by atoms with Gasteiger partial charge in [-0.1, -0.05) is 38.0 Å². The first-order chi connectivity index (χ1) is 5.45. The van der Waals surface area contributed by atoms with Crippen LogP contribution in [0.15, 0.2) is 11.8 Å². The van der Waals surface area contributed by atoms with Crippen LogP contribution in [0.1, 0.15) is 0 Å². The van der Waals surface area contributed by atoms with Gasteiger partial charge in [0.1, 0.15) is 8.80 Å². The molecule has 0 aromatic heterocycles. The molecule has 3 heteroatoms. The maximum atomic E-state index is 5.09. The second kappa shape index (κ2) is 5.72. The van der Waals surface area contributed by atoms with Crippen LogP contribution >= 0.6 is 0 Å². The molecule has 0 bridgehead atoms. The molecule has 0 heterocycles. The molecule has 71 valence electrons. The third-order valence-corrected chi connectivity index (χ3v) is 4.51. The molecule has 0 saturated carbocycles. The van der Waals surface area contributed by atoms with Gasteiger partial charge in [0.25, 0.3) is 0 Å². The highest BCUT2D eigenvalue weighted by Crippen LogP contribution is 2.08. The van der Waals surface area contributed by atoms with Gasteiger partial charge in [-0.15, -0.1) is 0 Å². The molecule has 0 aliphatic carbocycles. The van der Waals surface area contributed by atoms with Crippen LogP contribution in [0.2, 0.25) is 32.2 Å². The average Bonchev–Trinajstić information content (AvgIpc) is 1.84. The van der Waals surface area contributed by atoms with E-state index in [0.29, 0.717) is 0 Å². The Morgan fingerprint density at radius 3 is 2.33 bits per heavy atom. The molecular formula is C9H21OSi2. The molecule has 0 aliphatic heterocycles. The second-order valence-electron chi connectivity index (χ2n) is 4.45. The summed E-state index contributed by atoms with van der Waals surface area (Å²) in [4.78, 5) is 0. The topological polar surface area (TPSA) is 9.23 Å². The largest absolute Gasteiger partial charge is 0.388 e. The lowest BCUT2D eigenvalue weighted by Gasteiger charge is -2.12. The molecule has 0 saturated heterocycles. The minimum atomic E-state index is -0.858. The fraction of sp³-hybridized carbons (Fsp3) is 0.778. The average molecular weight is 201 g/mol. The van der Waals surface area contributed by atoms with Gasteiger partial charge in [-0.3, -0.25) is 0 Å². The van der Waals surface area contributed by atoms with Crippen molar-refractivity contribution in [2.45, 2.75) is 32.2 Å². The van der Waals surface area contributed by atoms with Gasteiger partial charge in [0.05, 0.1) is 0 Å². The van der Waals surface area contributed by atoms with Crippen molar-refractivity contribution in [2.24, 2.45) is 0 Å². The van der Waals surface area contributed by atoms with Crippen molar-refractivity contribution in [1.29, 1.82) is 0 Å². The number of methoxy groups -OCH3 is 1. The van der Waals surface area contributed by atoms with Crippen molar-refractivity contribution in [3.8, 4) is 0 Å². The highest BCUT2D eigenvalue weighted by atomic mass is 28.3. The lowest BCUT2D eigenvalue weighted by Crippen LogP contribution is -2.18. The standard InChI is InChI=1S/C9H21OSi2/c1-10-9-11(2)7-6-8-12(3,4)5/h6-7H,8-9H2,1-5H3/b7-6+. The SMILES string of the molecule is COC[Si](C)/C=C/C[Si](C)(C)C. The number of rotatable bonds is 5. The van der Waals surface area contributed by atoms with Gasteiger partial charge in [-0.05, 0) is 6.04 Å². The summed E-state index contributed by atoms with van der Waals surface area (Å²) in [5.74, 6) is 0. The van der Waals surface area contributed by atoms with Gasteiger partial charge >= 0.3 is 0 Å². The quantitative estimate of drug-likeness (QED) is 0.622. The van der Waals surface area contributed by atoms with Crippen molar-refractivity contribution in [3.05, 3.63) is 11.8 Å². The van der Waals surface area contributed by atoms with E-state index in [1.54, 1.807) is 7.11 Å². The smallest absolute Gasteiger partial charge is 0.103 e. The summed E-state index contributed by atoms with van der Waals surface area (Å²) in [5, 5.41) is 0. The minimum Gasteiger partial charge on any atom is -0.388 e. The predicted octanol–water partition coefficient (Wildman–Crippen LogP) is 2.73. The van der Waals surface area contributed by atoms with Crippen molar-refractivity contribution < 1.29 is 4.74 Å². The third kappa shape index (κ3) is 8.23. The van der Waals surface area contributed by atoms with E-state index < -0.39 is 8.07 Å². The highest BCUT2D eigenvalue weighted by Gasteiger charge is 2.09. The molecule has 0 fully saturated rings. The Kier molecular flexibility index (Phi) is 5.79. The zero-order chi connectivity index (χ0) is 9.61. The summed E-state index contributed by atoms with van der Waals surface area (Å²) >= 11 is 0. The molecule has 0 unspecified atom stereocenters. The van der Waals surface area contributed by atoms with E-state index in [9.17, 15) is 0 Å². The molecule has 1 radical (unpaired) electrons. The van der Waals surface area contributed by atoms with Gasteiger partial charge in [0, 0.05) is 21.4 Å². The maximum absolute atomic E-state index is 5.09. The summed E-state index contributed by atoms with van der Waals surface area (Å²) in [6, 6.07) is 1.30. The van der Waals surface area contributed by atoms with E-state index in [-0.39, 0.29) is 8.80 Å². The first-order valence-corrected chi connectivity index (χ1v) is 10.4. The normalized spacial score (nSPS) is 13.2. The van der Waals surface area contributed by atoms with Gasteiger partial charge in [-0.2, -0.15) is 0 Å². The van der Waals surface area contributed by atoms with Crippen molar-refractivity contribution >= 4 is 16.9 Å². The molecule has 0 rings (SSSR count). The molecule has 0 aliphatic rings. The number of allylic oxidation sites excluding steroid dienone is 1. The van der Waals surface area contributed by atoms with E-state index in [4.69, 9.17) is 4.74 Å². The number of ether oxygens (including phenoxy) is 1. The lowest BCUT2D eigenvalue weighted by atomic mass is 10.8. The monoisotopic (exact) mass is 201 g/mol. The van der Waals surface area contributed by atoms with Crippen molar-refractivity contribution in [3.63, 3.8) is 0 Å². The Balaban J connectivity index is 3.61. The van der Waals surface area contributed by atoms with Gasteiger partial charge in [0.15, 0.2) is 0 Å². The fourth-order valence-corrected chi connectivity index (χ4v) is 3.02. The molecule has 0 aromatic rings. The van der Waals surface area contributed by atoms with E-state index in [2.05, 4.69) is 38.0 Å². The second-order valence-corrected chi connectivity index (χ2v) is 12.3. The Morgan fingerprint density at radius 1 is 1.33 bits per heavy atom. The Labute approximate surface area is 79.4 Å². The molecule has 0 amide bonds. The van der Waals surface area contributed by atoms with Crippen LogP contribution in [-0.4, -0.2) is 30.2 Å². The van der Waals surface area contributed by atoms with Crippen LogP contribution in [0.4, 0.5) is 0 Å². The third-order valence-electron chi connectivity index (χ3n) is 1.50. The van der Waals surface area contributed by atoms with Crippen LogP contribution in [0, 0.1) is 0 Å². The minimum absolute atomic E-state index is 0.343. The summed E-state index contributed by atoms with van der Waals surface area (Å²) in [5.41, 5.74) is 2.37. The lowest BCUT2D eigenvalue weighted by molar-refractivity contribution is 0.250. The highest BCUT2D eigenvalue weighted by molar-refractivity contribution is 6.76. The molecule has 1 nitrogen and oxygen atoms in total. The molecule has 12 heavy (non-hydrogen) atoms. The van der Waals surface area contributed by atoms with Gasteiger partial charge in [0.2, 0.25) is 0 Å². The van der Waals surface area contributed by atoms with Gasteiger partial charge < -0.3 is 4.74 Å². The summed E-state index contributed by atoms with van der Waals surface area (Å²) in [6.07, 6.45) is 3.30. The zero-order valence-corrected chi connectivity index (χ0v) is 11.0. The molecule has 0 atom stereocenters. The van der Waals surface area contributed by atoms with E-state index in [1.807, 2.05) is 0 Å². The Morgan fingerprint density at radius 2 is 1.92 bits per heavy atom. The Hall–Kier alpha value is 0.134. The van der Waals surface area contributed by atoms with E-state index >= 15 is 0 Å². The first-order valence-electron chi connectivity index (χ1n) is 4.43. The predicted molar refractivity (Wildman–Crippen MR) is 60.8 cm³/mol. The first kappa shape index (κ1) is 12.1. The van der Waals surface area contributed by atoms with Crippen LogP contribution in [0.25, 0.3) is 0 Å². The molecule has 0 N–H and O–H groups in total. The molecule has 0 spiro atoms. The number of hydrogen-bond acceptors (Lipinski definition) is 1. The fourth-order valence-electron chi connectivity index (χ4n) is 0.889. The van der Waals surface area contributed by atoms with E-state index in [0.717, 1.165) is 6.23 Å². The van der Waals surface area contributed by atoms with Crippen LogP contribution in [0.3, 0.4) is 0 Å². The summed E-state index contributed by atoms with van der Waals surface area (Å²) < 4.78 is 5.09. The number of hydrogen-bond donors (Lipinski definition) is 0. The van der Waals surface area contributed by atoms with Crippen LogP contribution in [0.5, 0.6) is 0 Å². The van der Waals surface area contributed by atoms with Crippen molar-refractivity contribution in [2.75, 3.05) is 13.3 Å². The maximum Gasteiger partial charge on any atom is 0.103 e. The van der Waals surface area contributed by atoms with Crippen molar-refractivity contribution in [1.82, 2.24) is 0 Å². The van der Waals surface area contributed by atoms with Gasteiger partial charge in [-0.25, -0.2) is 0 Å². The molecular weight excluding hydrogens is 180 g/mol. The van der Waals surface area contributed by atoms with Crippen LogP contribution < -0.4 is 0 Å². The summed E-state index contributed by atoms with van der Waals surface area (Å²) in [6.45, 7) is 9.48.